The molecule has 0 unspecified atom stereocenters. The van der Waals surface area contributed by atoms with Gasteiger partial charge in [-0.3, -0.25) is 0 Å². The minimum Gasteiger partial charge on any atom is -0.497 e. The molecule has 21 heavy (non-hydrogen) atoms. The lowest BCUT2D eigenvalue weighted by Crippen LogP contribution is -2.24. The monoisotopic (exact) mass is 371 g/mol. The number of halogens is 1. The van der Waals surface area contributed by atoms with Gasteiger partial charge in [0.2, 0.25) is 10.0 Å². The van der Waals surface area contributed by atoms with Crippen LogP contribution in [-0.2, 0) is 16.6 Å². The summed E-state index contributed by atoms with van der Waals surface area (Å²) in [6, 6.07) is 8.50. The van der Waals surface area contributed by atoms with Crippen molar-refractivity contribution < 1.29 is 13.2 Å². The summed E-state index contributed by atoms with van der Waals surface area (Å²) < 4.78 is 32.5. The Morgan fingerprint density at radius 1 is 1.33 bits per heavy atom. The fourth-order valence-electron chi connectivity index (χ4n) is 1.65. The van der Waals surface area contributed by atoms with E-state index in [4.69, 9.17) is 10.5 Å². The normalized spacial score (nSPS) is 11.3. The number of hydrogen-bond acceptors (Lipinski definition) is 5. The molecule has 6 nitrogen and oxygen atoms in total. The Morgan fingerprint density at radius 3 is 2.62 bits per heavy atom. The van der Waals surface area contributed by atoms with Crippen molar-refractivity contribution in [2.24, 2.45) is 0 Å². The first-order valence-corrected chi connectivity index (χ1v) is 8.23. The summed E-state index contributed by atoms with van der Waals surface area (Å²) in [4.78, 5) is 3.77. The van der Waals surface area contributed by atoms with E-state index < -0.39 is 10.0 Å². The molecule has 0 fully saturated rings. The zero-order valence-electron chi connectivity index (χ0n) is 11.2. The van der Waals surface area contributed by atoms with Crippen LogP contribution in [0.5, 0.6) is 5.75 Å². The number of ether oxygens (including phenoxy) is 1. The number of anilines is 1. The first kappa shape index (κ1) is 15.7. The SMILES string of the molecule is COc1ccc(CNS(=O)(=O)c2cc(Br)cnc2N)cc1. The molecule has 1 heterocycles. The Kier molecular flexibility index (Phi) is 4.81. The van der Waals surface area contributed by atoms with Crippen LogP contribution < -0.4 is 15.2 Å². The molecule has 2 rings (SSSR count). The summed E-state index contributed by atoms with van der Waals surface area (Å²) in [5.41, 5.74) is 6.42. The lowest BCUT2D eigenvalue weighted by molar-refractivity contribution is 0.414. The molecule has 2 aromatic rings. The zero-order chi connectivity index (χ0) is 15.5. The molecule has 0 saturated heterocycles. The second-order valence-corrected chi connectivity index (χ2v) is 6.86. The average molecular weight is 372 g/mol. The van der Waals surface area contributed by atoms with Gasteiger partial charge in [-0.1, -0.05) is 12.1 Å². The van der Waals surface area contributed by atoms with E-state index in [-0.39, 0.29) is 17.3 Å². The molecule has 112 valence electrons. The first-order chi connectivity index (χ1) is 9.92. The van der Waals surface area contributed by atoms with Gasteiger partial charge in [0, 0.05) is 17.2 Å². The van der Waals surface area contributed by atoms with Gasteiger partial charge in [-0.2, -0.15) is 0 Å². The summed E-state index contributed by atoms with van der Waals surface area (Å²) >= 11 is 3.18. The Morgan fingerprint density at radius 2 is 2.00 bits per heavy atom. The zero-order valence-corrected chi connectivity index (χ0v) is 13.6. The maximum absolute atomic E-state index is 12.2. The van der Waals surface area contributed by atoms with E-state index in [1.165, 1.54) is 12.3 Å². The molecule has 0 bridgehead atoms. The number of benzene rings is 1. The lowest BCUT2D eigenvalue weighted by atomic mass is 10.2. The standard InChI is InChI=1S/C13H14BrN3O3S/c1-20-11-4-2-9(3-5-11)7-17-21(18,19)12-6-10(14)8-16-13(12)15/h2-6,8,17H,7H2,1H3,(H2,15,16). The van der Waals surface area contributed by atoms with Gasteiger partial charge >= 0.3 is 0 Å². The van der Waals surface area contributed by atoms with Gasteiger partial charge in [0.1, 0.15) is 16.5 Å². The van der Waals surface area contributed by atoms with Crippen molar-refractivity contribution in [1.82, 2.24) is 9.71 Å². The topological polar surface area (TPSA) is 94.3 Å². The highest BCUT2D eigenvalue weighted by Gasteiger charge is 2.18. The van der Waals surface area contributed by atoms with E-state index in [0.717, 1.165) is 5.56 Å². The number of pyridine rings is 1. The second-order valence-electron chi connectivity index (χ2n) is 4.21. The van der Waals surface area contributed by atoms with Crippen LogP contribution in [0.1, 0.15) is 5.56 Å². The van der Waals surface area contributed by atoms with Crippen LogP contribution in [0.25, 0.3) is 0 Å². The first-order valence-electron chi connectivity index (χ1n) is 5.96. The summed E-state index contributed by atoms with van der Waals surface area (Å²) in [6.07, 6.45) is 1.44. The number of sulfonamides is 1. The van der Waals surface area contributed by atoms with Gasteiger partial charge in [0.15, 0.2) is 0 Å². The molecule has 0 saturated carbocycles. The lowest BCUT2D eigenvalue weighted by Gasteiger charge is -2.09. The smallest absolute Gasteiger partial charge is 0.244 e. The van der Waals surface area contributed by atoms with Crippen LogP contribution in [0.3, 0.4) is 0 Å². The third-order valence-corrected chi connectivity index (χ3v) is 4.63. The Labute approximate surface area is 131 Å². The van der Waals surface area contributed by atoms with E-state index >= 15 is 0 Å². The highest BCUT2D eigenvalue weighted by molar-refractivity contribution is 9.10. The van der Waals surface area contributed by atoms with Crippen molar-refractivity contribution in [2.75, 3.05) is 12.8 Å². The molecule has 3 N–H and O–H groups in total. The molecule has 8 heteroatoms. The molecular formula is C13H14BrN3O3S. The fraction of sp³-hybridized carbons (Fsp3) is 0.154. The largest absolute Gasteiger partial charge is 0.497 e. The van der Waals surface area contributed by atoms with Crippen molar-refractivity contribution in [3.63, 3.8) is 0 Å². The Balaban J connectivity index is 2.15. The number of nitrogens with zero attached hydrogens (tertiary/aromatic N) is 1. The van der Waals surface area contributed by atoms with E-state index in [0.29, 0.717) is 10.2 Å². The van der Waals surface area contributed by atoms with Gasteiger partial charge in [0.25, 0.3) is 0 Å². The van der Waals surface area contributed by atoms with Gasteiger partial charge in [0.05, 0.1) is 7.11 Å². The Hall–Kier alpha value is -1.64. The molecular weight excluding hydrogens is 358 g/mol. The molecule has 0 aliphatic heterocycles. The number of methoxy groups -OCH3 is 1. The molecule has 1 aromatic heterocycles. The van der Waals surface area contributed by atoms with Crippen LogP contribution in [0.4, 0.5) is 5.82 Å². The van der Waals surface area contributed by atoms with Gasteiger partial charge in [-0.05, 0) is 39.7 Å². The number of nitrogen functional groups attached to an aromatic ring is 1. The minimum absolute atomic E-state index is 0.0413. The quantitative estimate of drug-likeness (QED) is 0.836. The predicted molar refractivity (Wildman–Crippen MR) is 83.4 cm³/mol. The van der Waals surface area contributed by atoms with Crippen molar-refractivity contribution >= 4 is 31.8 Å². The third-order valence-electron chi connectivity index (χ3n) is 2.76. The minimum atomic E-state index is -3.73. The predicted octanol–water partition coefficient (Wildman–Crippen LogP) is 1.91. The molecule has 1 aromatic carbocycles. The number of nitrogens with one attached hydrogen (secondary N) is 1. The van der Waals surface area contributed by atoms with E-state index in [1.54, 1.807) is 31.4 Å². The molecule has 0 atom stereocenters. The second kappa shape index (κ2) is 6.42. The van der Waals surface area contributed by atoms with Crippen LogP contribution in [0.15, 0.2) is 45.9 Å². The average Bonchev–Trinajstić information content (AvgIpc) is 2.48. The molecule has 0 aliphatic carbocycles. The maximum Gasteiger partial charge on any atom is 0.244 e. The van der Waals surface area contributed by atoms with Gasteiger partial charge < -0.3 is 10.5 Å². The molecule has 0 aliphatic rings. The fourth-order valence-corrected chi connectivity index (χ4v) is 3.25. The molecule has 0 amide bonds. The van der Waals surface area contributed by atoms with Crippen LogP contribution in [-0.4, -0.2) is 20.5 Å². The number of nitrogens with two attached hydrogens (primary N) is 1. The van der Waals surface area contributed by atoms with Crippen LogP contribution >= 0.6 is 15.9 Å². The number of rotatable bonds is 5. The maximum atomic E-state index is 12.2. The third kappa shape index (κ3) is 3.93. The summed E-state index contributed by atoms with van der Waals surface area (Å²) in [5, 5.41) is 0. The van der Waals surface area contributed by atoms with Crippen LogP contribution in [0.2, 0.25) is 0 Å². The highest BCUT2D eigenvalue weighted by Crippen LogP contribution is 2.20. The number of aromatic nitrogens is 1. The summed E-state index contributed by atoms with van der Waals surface area (Å²) in [5.74, 6) is 0.669. The van der Waals surface area contributed by atoms with Crippen molar-refractivity contribution in [1.29, 1.82) is 0 Å². The van der Waals surface area contributed by atoms with Gasteiger partial charge in [-0.25, -0.2) is 18.1 Å². The highest BCUT2D eigenvalue weighted by atomic mass is 79.9. The summed E-state index contributed by atoms with van der Waals surface area (Å²) in [7, 11) is -2.16. The van der Waals surface area contributed by atoms with Crippen molar-refractivity contribution in [3.8, 4) is 5.75 Å². The van der Waals surface area contributed by atoms with Crippen molar-refractivity contribution in [2.45, 2.75) is 11.4 Å². The molecule has 0 radical (unpaired) electrons. The Bertz CT molecular complexity index is 733. The van der Waals surface area contributed by atoms with Gasteiger partial charge in [-0.15, -0.1) is 0 Å². The van der Waals surface area contributed by atoms with E-state index in [9.17, 15) is 8.42 Å². The van der Waals surface area contributed by atoms with E-state index in [2.05, 4.69) is 25.6 Å². The van der Waals surface area contributed by atoms with Crippen LogP contribution in [0, 0.1) is 0 Å². The van der Waals surface area contributed by atoms with E-state index in [1.807, 2.05) is 0 Å². The number of hydrogen-bond donors (Lipinski definition) is 2. The van der Waals surface area contributed by atoms with Crippen molar-refractivity contribution in [3.05, 3.63) is 46.6 Å². The molecule has 0 spiro atoms. The summed E-state index contributed by atoms with van der Waals surface area (Å²) in [6.45, 7) is 0.151.